The van der Waals surface area contributed by atoms with Crippen molar-refractivity contribution < 1.29 is 42.3 Å². The molecule has 2 nitrogen and oxygen atoms in total. The maximum absolute atomic E-state index is 9.58. The second kappa shape index (κ2) is 12.4. The summed E-state index contributed by atoms with van der Waals surface area (Å²) in [5.41, 5.74) is 0. The number of hydrogen-bond donors (Lipinski definition) is 0. The topological polar surface area (TPSA) is 34.1 Å². The quantitative estimate of drug-likeness (QED) is 0.523. The molecule has 0 rings (SSSR count). The van der Waals surface area contributed by atoms with Crippen molar-refractivity contribution in [3.05, 3.63) is 39.2 Å². The summed E-state index contributed by atoms with van der Waals surface area (Å²) >= 11 is 0. The molecule has 0 unspecified atom stereocenters. The summed E-state index contributed by atoms with van der Waals surface area (Å²) in [6.07, 6.45) is 2.33. The molecule has 11 heavy (non-hydrogen) atoms. The van der Waals surface area contributed by atoms with E-state index in [1.165, 1.54) is 12.2 Å². The molecule has 0 heterocycles. The van der Waals surface area contributed by atoms with E-state index in [4.69, 9.17) is 0 Å². The molecular formula is C8H10O2Y-2. The zero-order valence-electron chi connectivity index (χ0n) is 6.38. The summed E-state index contributed by atoms with van der Waals surface area (Å²) in [4.78, 5) is 19.2. The van der Waals surface area contributed by atoms with Gasteiger partial charge >= 0.3 is 0 Å². The summed E-state index contributed by atoms with van der Waals surface area (Å²) < 4.78 is 0. The molecule has 3 heteroatoms. The van der Waals surface area contributed by atoms with Crippen LogP contribution in [0.3, 0.4) is 0 Å². The van der Waals surface area contributed by atoms with Crippen LogP contribution in [0, 0.1) is 13.8 Å². The fourth-order valence-electron chi connectivity index (χ4n) is 0. The molecule has 0 aromatic carbocycles. The largest absolute Gasteiger partial charge is 0.333 e. The van der Waals surface area contributed by atoms with Crippen LogP contribution in [-0.2, 0) is 42.3 Å². The molecule has 0 aliphatic rings. The minimum absolute atomic E-state index is 0. The number of carbonyl (C=O) groups is 2. The van der Waals surface area contributed by atoms with Gasteiger partial charge in [0.05, 0.1) is 0 Å². The predicted molar refractivity (Wildman–Crippen MR) is 41.1 cm³/mol. The van der Waals surface area contributed by atoms with E-state index in [1.807, 2.05) is 0 Å². The van der Waals surface area contributed by atoms with E-state index in [9.17, 15) is 9.59 Å². The summed E-state index contributed by atoms with van der Waals surface area (Å²) in [6, 6.07) is 0. The first-order valence-electron chi connectivity index (χ1n) is 2.51. The van der Waals surface area contributed by atoms with Gasteiger partial charge in [0.1, 0.15) is 0 Å². The standard InChI is InChI=1S/2C4H5O.Y/c2*1-3-4(2)5;/h2*3H,1-2H2;/q2*-1;. The molecule has 0 aromatic rings. The third-order valence-electron chi connectivity index (χ3n) is 0.455. The molecule has 0 N–H and O–H groups in total. The first-order valence-corrected chi connectivity index (χ1v) is 2.51. The van der Waals surface area contributed by atoms with Crippen LogP contribution in [0.25, 0.3) is 0 Å². The molecule has 0 bridgehead atoms. The number of ketones is 2. The Labute approximate surface area is 92.6 Å². The van der Waals surface area contributed by atoms with E-state index in [1.54, 1.807) is 0 Å². The molecule has 0 aliphatic heterocycles. The van der Waals surface area contributed by atoms with Gasteiger partial charge in [0, 0.05) is 44.3 Å². The minimum atomic E-state index is -0.231. The zero-order valence-corrected chi connectivity index (χ0v) is 9.22. The third-order valence-corrected chi connectivity index (χ3v) is 0.455. The SMILES string of the molecule is C=CC([CH2-])=O.C=CC([CH2-])=O.[Y]. The Kier molecular flexibility index (Phi) is 19.0. The van der Waals surface area contributed by atoms with Crippen molar-refractivity contribution in [1.29, 1.82) is 0 Å². The molecule has 1 radical (unpaired) electrons. The Hall–Kier alpha value is -0.336. The monoisotopic (exact) mass is 227 g/mol. The van der Waals surface area contributed by atoms with Crippen molar-refractivity contribution in [1.82, 2.24) is 0 Å². The van der Waals surface area contributed by atoms with E-state index < -0.39 is 0 Å². The van der Waals surface area contributed by atoms with E-state index >= 15 is 0 Å². The van der Waals surface area contributed by atoms with Crippen molar-refractivity contribution >= 4 is 11.6 Å². The Balaban J connectivity index is -0.000000107. The fraction of sp³-hybridized carbons (Fsp3) is 0. The fourth-order valence-corrected chi connectivity index (χ4v) is 0. The number of carbonyl (C=O) groups excluding carboxylic acids is 2. The summed E-state index contributed by atoms with van der Waals surface area (Å²) in [5, 5.41) is 0. The van der Waals surface area contributed by atoms with Gasteiger partial charge in [-0.2, -0.15) is 39.2 Å². The normalized spacial score (nSPS) is 5.82. The molecule has 0 amide bonds. The summed E-state index contributed by atoms with van der Waals surface area (Å²) in [6.45, 7) is 12.3. The van der Waals surface area contributed by atoms with E-state index in [0.29, 0.717) is 0 Å². The van der Waals surface area contributed by atoms with Gasteiger partial charge in [-0.3, -0.25) is 0 Å². The number of allylic oxidation sites excluding steroid dienone is 2. The van der Waals surface area contributed by atoms with Crippen LogP contribution >= 0.6 is 0 Å². The smallest absolute Gasteiger partial charge is 0.0142 e. The molecule has 0 saturated carbocycles. The maximum Gasteiger partial charge on any atom is 0.0142 e. The molecule has 0 fully saturated rings. The number of rotatable bonds is 2. The third kappa shape index (κ3) is 42.3. The van der Waals surface area contributed by atoms with E-state index in [2.05, 4.69) is 27.0 Å². The maximum atomic E-state index is 9.58. The van der Waals surface area contributed by atoms with Gasteiger partial charge in [-0.25, -0.2) is 0 Å². The molecule has 0 aliphatic carbocycles. The van der Waals surface area contributed by atoms with E-state index in [0.717, 1.165) is 0 Å². The first kappa shape index (κ1) is 17.0. The van der Waals surface area contributed by atoms with Crippen LogP contribution in [0.2, 0.25) is 0 Å². The van der Waals surface area contributed by atoms with E-state index in [-0.39, 0.29) is 44.3 Å². The Morgan fingerprint density at radius 2 is 1.09 bits per heavy atom. The van der Waals surface area contributed by atoms with Gasteiger partial charge in [-0.1, -0.05) is 0 Å². The van der Waals surface area contributed by atoms with Crippen molar-refractivity contribution in [3.63, 3.8) is 0 Å². The van der Waals surface area contributed by atoms with Gasteiger partial charge < -0.3 is 9.59 Å². The van der Waals surface area contributed by atoms with Gasteiger partial charge in [0.2, 0.25) is 0 Å². The Morgan fingerprint density at radius 3 is 1.09 bits per heavy atom. The molecular weight excluding hydrogens is 217 g/mol. The summed E-state index contributed by atoms with van der Waals surface area (Å²) in [7, 11) is 0. The minimum Gasteiger partial charge on any atom is -0.333 e. The van der Waals surface area contributed by atoms with Crippen LogP contribution in [0.5, 0.6) is 0 Å². The first-order chi connectivity index (χ1) is 4.54. The van der Waals surface area contributed by atoms with Crippen molar-refractivity contribution in [2.75, 3.05) is 0 Å². The second-order valence-electron chi connectivity index (χ2n) is 1.34. The molecule has 0 spiro atoms. The van der Waals surface area contributed by atoms with Crippen molar-refractivity contribution in [2.45, 2.75) is 0 Å². The van der Waals surface area contributed by atoms with Crippen LogP contribution in [0.15, 0.2) is 25.3 Å². The van der Waals surface area contributed by atoms with Crippen molar-refractivity contribution in [2.24, 2.45) is 0 Å². The van der Waals surface area contributed by atoms with Crippen molar-refractivity contribution in [3.8, 4) is 0 Å². The van der Waals surface area contributed by atoms with Gasteiger partial charge in [0.25, 0.3) is 0 Å². The number of hydrogen-bond acceptors (Lipinski definition) is 2. The average molecular weight is 227 g/mol. The average Bonchev–Trinajstić information content (AvgIpc) is 1.89. The van der Waals surface area contributed by atoms with Crippen LogP contribution < -0.4 is 0 Å². The summed E-state index contributed by atoms with van der Waals surface area (Å²) in [5.74, 6) is -0.463. The van der Waals surface area contributed by atoms with Gasteiger partial charge in [0.15, 0.2) is 0 Å². The molecule has 0 atom stereocenters. The predicted octanol–water partition coefficient (Wildman–Crippen LogP) is 1.15. The van der Waals surface area contributed by atoms with Crippen LogP contribution in [0.1, 0.15) is 0 Å². The van der Waals surface area contributed by atoms with Gasteiger partial charge in [-0.15, -0.1) is 0 Å². The zero-order chi connectivity index (χ0) is 8.57. The molecule has 59 valence electrons. The molecule has 0 saturated heterocycles. The van der Waals surface area contributed by atoms with Crippen LogP contribution in [-0.4, -0.2) is 11.6 Å². The van der Waals surface area contributed by atoms with Gasteiger partial charge in [-0.05, 0) is 0 Å². The van der Waals surface area contributed by atoms with Crippen LogP contribution in [0.4, 0.5) is 0 Å². The molecule has 0 aromatic heterocycles. The Bertz CT molecular complexity index is 132. The Morgan fingerprint density at radius 1 is 1.00 bits per heavy atom. The second-order valence-corrected chi connectivity index (χ2v) is 1.34.